The Morgan fingerprint density at radius 2 is 1.79 bits per heavy atom. The fourth-order valence-corrected chi connectivity index (χ4v) is 2.42. The maximum Gasteiger partial charge on any atom is 0.312 e. The first-order valence-corrected chi connectivity index (χ1v) is 5.16. The van der Waals surface area contributed by atoms with Gasteiger partial charge in [0.25, 0.3) is 0 Å². The van der Waals surface area contributed by atoms with Gasteiger partial charge in [0, 0.05) is 0 Å². The topological polar surface area (TPSA) is 29.5 Å². The summed E-state index contributed by atoms with van der Waals surface area (Å²) < 4.78 is 5.14. The highest BCUT2D eigenvalue weighted by atomic mass is 35.5. The Kier molecular flexibility index (Phi) is 3.78. The van der Waals surface area contributed by atoms with Crippen LogP contribution < -0.4 is 0 Å². The van der Waals surface area contributed by atoms with Gasteiger partial charge in [0.2, 0.25) is 0 Å². The van der Waals surface area contributed by atoms with Crippen molar-refractivity contribution >= 4 is 18.4 Å². The number of fused-ring (bicyclic) bond motifs is 3. The number of piperidine rings is 3. The van der Waals surface area contributed by atoms with Gasteiger partial charge in [-0.2, -0.15) is 0 Å². The number of ether oxygens (including phenoxy) is 1. The molecule has 0 aliphatic carbocycles. The van der Waals surface area contributed by atoms with Gasteiger partial charge in [-0.05, 0) is 45.8 Å². The Morgan fingerprint density at radius 3 is 2.21 bits per heavy atom. The van der Waals surface area contributed by atoms with Crippen LogP contribution in [0.15, 0.2) is 0 Å². The van der Waals surface area contributed by atoms with Crippen molar-refractivity contribution in [2.45, 2.75) is 26.2 Å². The smallest absolute Gasteiger partial charge is 0.312 e. The van der Waals surface area contributed by atoms with E-state index in [0.29, 0.717) is 6.61 Å². The SMILES string of the molecule is CCOC(=O)C12CCN(CC1)CC2.Cl. The predicted octanol–water partition coefficient (Wildman–Crippen LogP) is 1.46. The van der Waals surface area contributed by atoms with Crippen LogP contribution in [-0.4, -0.2) is 37.1 Å². The van der Waals surface area contributed by atoms with E-state index in [-0.39, 0.29) is 23.8 Å². The molecule has 14 heavy (non-hydrogen) atoms. The number of carbonyl (C=O) groups excluding carboxylic acids is 1. The molecule has 0 aromatic carbocycles. The van der Waals surface area contributed by atoms with Crippen molar-refractivity contribution in [2.75, 3.05) is 26.2 Å². The van der Waals surface area contributed by atoms with Gasteiger partial charge in [0.15, 0.2) is 0 Å². The van der Waals surface area contributed by atoms with Crippen LogP contribution in [0.1, 0.15) is 26.2 Å². The number of halogens is 1. The summed E-state index contributed by atoms with van der Waals surface area (Å²) in [5.41, 5.74) is -0.106. The van der Waals surface area contributed by atoms with E-state index in [9.17, 15) is 4.79 Å². The highest BCUT2D eigenvalue weighted by Gasteiger charge is 2.46. The molecule has 3 fully saturated rings. The highest BCUT2D eigenvalue weighted by Crippen LogP contribution is 2.40. The van der Waals surface area contributed by atoms with Crippen molar-refractivity contribution in [3.05, 3.63) is 0 Å². The lowest BCUT2D eigenvalue weighted by molar-refractivity contribution is -0.163. The molecule has 4 heteroatoms. The molecule has 82 valence electrons. The van der Waals surface area contributed by atoms with E-state index in [1.807, 2.05) is 6.92 Å². The Balaban J connectivity index is 0.000000980. The van der Waals surface area contributed by atoms with Gasteiger partial charge in [-0.1, -0.05) is 0 Å². The van der Waals surface area contributed by atoms with E-state index >= 15 is 0 Å². The van der Waals surface area contributed by atoms with Gasteiger partial charge >= 0.3 is 5.97 Å². The van der Waals surface area contributed by atoms with Gasteiger partial charge in [-0.15, -0.1) is 12.4 Å². The molecule has 2 bridgehead atoms. The molecular formula is C10H18ClNO2. The first-order valence-electron chi connectivity index (χ1n) is 5.16. The van der Waals surface area contributed by atoms with E-state index in [0.717, 1.165) is 38.9 Å². The van der Waals surface area contributed by atoms with E-state index in [1.165, 1.54) is 0 Å². The van der Waals surface area contributed by atoms with Crippen molar-refractivity contribution in [2.24, 2.45) is 5.41 Å². The normalized spacial score (nSPS) is 34.8. The molecule has 3 saturated heterocycles. The molecule has 0 radical (unpaired) electrons. The molecule has 0 aromatic rings. The summed E-state index contributed by atoms with van der Waals surface area (Å²) in [6.45, 7) is 5.65. The first kappa shape index (κ1) is 11.8. The van der Waals surface area contributed by atoms with Crippen LogP contribution in [0.4, 0.5) is 0 Å². The number of nitrogens with zero attached hydrogens (tertiary/aromatic N) is 1. The zero-order valence-corrected chi connectivity index (χ0v) is 9.44. The molecule has 0 atom stereocenters. The third-order valence-electron chi connectivity index (χ3n) is 3.43. The number of carbonyl (C=O) groups is 1. The molecule has 3 heterocycles. The minimum Gasteiger partial charge on any atom is -0.466 e. The average Bonchev–Trinajstić information content (AvgIpc) is 2.21. The second-order valence-electron chi connectivity index (χ2n) is 4.09. The van der Waals surface area contributed by atoms with Gasteiger partial charge in [0.1, 0.15) is 0 Å². The zero-order valence-electron chi connectivity index (χ0n) is 8.62. The summed E-state index contributed by atoms with van der Waals surface area (Å²) in [6, 6.07) is 0. The summed E-state index contributed by atoms with van der Waals surface area (Å²) in [5.74, 6) is 0.0503. The standard InChI is InChI=1S/C10H17NO2.ClH/c1-2-13-9(12)10-3-6-11(7-4-10)8-5-10;/h2-8H2,1H3;1H. The molecule has 3 nitrogen and oxygen atoms in total. The summed E-state index contributed by atoms with van der Waals surface area (Å²) in [7, 11) is 0. The average molecular weight is 220 g/mol. The Morgan fingerprint density at radius 1 is 1.29 bits per heavy atom. The van der Waals surface area contributed by atoms with Crippen LogP contribution in [-0.2, 0) is 9.53 Å². The maximum absolute atomic E-state index is 11.7. The van der Waals surface area contributed by atoms with Gasteiger partial charge in [-0.3, -0.25) is 4.79 Å². The molecule has 3 rings (SSSR count). The van der Waals surface area contributed by atoms with Crippen molar-refractivity contribution < 1.29 is 9.53 Å². The van der Waals surface area contributed by atoms with Gasteiger partial charge in [-0.25, -0.2) is 0 Å². The van der Waals surface area contributed by atoms with Crippen molar-refractivity contribution in [3.8, 4) is 0 Å². The molecule has 0 spiro atoms. The fraction of sp³-hybridized carbons (Fsp3) is 0.900. The second-order valence-corrected chi connectivity index (χ2v) is 4.09. The number of rotatable bonds is 2. The molecular weight excluding hydrogens is 202 g/mol. The number of hydrogen-bond acceptors (Lipinski definition) is 3. The Bertz CT molecular complexity index is 198. The quantitative estimate of drug-likeness (QED) is 0.659. The van der Waals surface area contributed by atoms with Crippen LogP contribution in [0.3, 0.4) is 0 Å². The van der Waals surface area contributed by atoms with Crippen LogP contribution in [0.25, 0.3) is 0 Å². The zero-order chi connectivity index (χ0) is 9.31. The van der Waals surface area contributed by atoms with Gasteiger partial charge < -0.3 is 9.64 Å². The first-order chi connectivity index (χ1) is 6.27. The predicted molar refractivity (Wildman–Crippen MR) is 56.6 cm³/mol. The lowest BCUT2D eigenvalue weighted by Crippen LogP contribution is -2.52. The Labute approximate surface area is 91.2 Å². The monoisotopic (exact) mass is 219 g/mol. The fourth-order valence-electron chi connectivity index (χ4n) is 2.42. The maximum atomic E-state index is 11.7. The minimum atomic E-state index is -0.106. The third kappa shape index (κ3) is 1.89. The molecule has 0 saturated carbocycles. The summed E-state index contributed by atoms with van der Waals surface area (Å²) in [5, 5.41) is 0. The third-order valence-corrected chi connectivity index (χ3v) is 3.43. The number of esters is 1. The largest absolute Gasteiger partial charge is 0.466 e. The summed E-state index contributed by atoms with van der Waals surface area (Å²) >= 11 is 0. The molecule has 0 aromatic heterocycles. The van der Waals surface area contributed by atoms with E-state index in [2.05, 4.69) is 4.90 Å². The van der Waals surface area contributed by atoms with E-state index in [1.54, 1.807) is 0 Å². The second kappa shape index (κ2) is 4.49. The highest BCUT2D eigenvalue weighted by molar-refractivity contribution is 5.85. The van der Waals surface area contributed by atoms with E-state index in [4.69, 9.17) is 4.74 Å². The summed E-state index contributed by atoms with van der Waals surface area (Å²) in [4.78, 5) is 14.2. The summed E-state index contributed by atoms with van der Waals surface area (Å²) in [6.07, 6.45) is 3.02. The van der Waals surface area contributed by atoms with Crippen LogP contribution in [0.5, 0.6) is 0 Å². The molecule has 3 aliphatic rings. The van der Waals surface area contributed by atoms with Crippen molar-refractivity contribution in [3.63, 3.8) is 0 Å². The van der Waals surface area contributed by atoms with Gasteiger partial charge in [0.05, 0.1) is 12.0 Å². The Hall–Kier alpha value is -0.280. The molecule has 3 aliphatic heterocycles. The van der Waals surface area contributed by atoms with Crippen LogP contribution in [0.2, 0.25) is 0 Å². The van der Waals surface area contributed by atoms with Crippen molar-refractivity contribution in [1.29, 1.82) is 0 Å². The lowest BCUT2D eigenvalue weighted by Gasteiger charge is -2.46. The molecule has 0 N–H and O–H groups in total. The molecule has 0 unspecified atom stereocenters. The van der Waals surface area contributed by atoms with Crippen molar-refractivity contribution in [1.82, 2.24) is 4.90 Å². The van der Waals surface area contributed by atoms with Crippen LogP contribution in [0, 0.1) is 5.41 Å². The molecule has 0 amide bonds. The minimum absolute atomic E-state index is 0. The van der Waals surface area contributed by atoms with E-state index < -0.39 is 0 Å². The lowest BCUT2D eigenvalue weighted by atomic mass is 9.72. The number of hydrogen-bond donors (Lipinski definition) is 0. The van der Waals surface area contributed by atoms with Crippen LogP contribution >= 0.6 is 12.4 Å².